The summed E-state index contributed by atoms with van der Waals surface area (Å²) in [6.45, 7) is 6.05. The minimum atomic E-state index is -3.25. The first-order valence-corrected chi connectivity index (χ1v) is 11.5. The Hall–Kier alpha value is -1.67. The number of nitrogens with zero attached hydrogens (tertiary/aromatic N) is 2. The first-order valence-electron chi connectivity index (χ1n) is 9.56. The zero-order valence-electron chi connectivity index (χ0n) is 16.0. The van der Waals surface area contributed by atoms with Crippen molar-refractivity contribution >= 4 is 21.6 Å². The number of fused-ring (bicyclic) bond motifs is 1. The van der Waals surface area contributed by atoms with Crippen molar-refractivity contribution in [3.63, 3.8) is 0 Å². The number of nitrogens with one attached hydrogen (secondary N) is 1. The Morgan fingerprint density at radius 3 is 2.85 bits per heavy atom. The molecular formula is C19H27N3O4S. The van der Waals surface area contributed by atoms with Gasteiger partial charge in [-0.2, -0.15) is 0 Å². The monoisotopic (exact) mass is 393 g/mol. The smallest absolute Gasteiger partial charge is 0.222 e. The average Bonchev–Trinajstić information content (AvgIpc) is 3.27. The van der Waals surface area contributed by atoms with Crippen LogP contribution >= 0.6 is 0 Å². The van der Waals surface area contributed by atoms with Crippen molar-refractivity contribution in [1.82, 2.24) is 10.3 Å². The lowest BCUT2D eigenvalue weighted by molar-refractivity contribution is -0.124. The molecule has 0 saturated carbocycles. The predicted octanol–water partition coefficient (Wildman–Crippen LogP) is 1.24. The van der Waals surface area contributed by atoms with Gasteiger partial charge in [0.2, 0.25) is 5.91 Å². The van der Waals surface area contributed by atoms with Crippen LogP contribution in [0.3, 0.4) is 0 Å². The molecule has 0 unspecified atom stereocenters. The highest BCUT2D eigenvalue weighted by Crippen LogP contribution is 2.55. The number of aromatic nitrogens is 1. The number of ether oxygens (including phenoxy) is 1. The van der Waals surface area contributed by atoms with E-state index >= 15 is 0 Å². The van der Waals surface area contributed by atoms with Crippen LogP contribution in [-0.2, 0) is 19.4 Å². The Bertz CT molecular complexity index is 839. The van der Waals surface area contributed by atoms with E-state index in [1.54, 1.807) is 12.1 Å². The summed E-state index contributed by atoms with van der Waals surface area (Å²) in [4.78, 5) is 18.8. The Labute approximate surface area is 160 Å². The fraction of sp³-hybridized carbons (Fsp3) is 0.684. The molecule has 4 atom stereocenters. The molecule has 1 N–H and O–H groups in total. The van der Waals surface area contributed by atoms with Gasteiger partial charge in [0.25, 0.3) is 0 Å². The summed E-state index contributed by atoms with van der Waals surface area (Å²) in [5.74, 6) is 1.53. The maximum atomic E-state index is 12.0. The van der Waals surface area contributed by atoms with Crippen LogP contribution < -0.4 is 10.2 Å². The van der Waals surface area contributed by atoms with Crippen LogP contribution in [0, 0.1) is 17.8 Å². The van der Waals surface area contributed by atoms with Crippen molar-refractivity contribution in [1.29, 1.82) is 0 Å². The molecule has 0 aliphatic carbocycles. The molecule has 8 heteroatoms. The van der Waals surface area contributed by atoms with Gasteiger partial charge in [0.1, 0.15) is 5.82 Å². The number of sulfone groups is 1. The van der Waals surface area contributed by atoms with Crippen molar-refractivity contribution < 1.29 is 17.9 Å². The molecule has 1 amide bonds. The van der Waals surface area contributed by atoms with Crippen LogP contribution in [0.4, 0.5) is 5.82 Å². The van der Waals surface area contributed by atoms with Crippen molar-refractivity contribution in [3.05, 3.63) is 18.3 Å². The van der Waals surface area contributed by atoms with Crippen LogP contribution in [0.5, 0.6) is 0 Å². The number of anilines is 1. The van der Waals surface area contributed by atoms with Gasteiger partial charge >= 0.3 is 0 Å². The summed E-state index contributed by atoms with van der Waals surface area (Å²) in [6.07, 6.45) is 4.91. The van der Waals surface area contributed by atoms with Gasteiger partial charge in [-0.15, -0.1) is 0 Å². The van der Waals surface area contributed by atoms with Crippen molar-refractivity contribution in [2.75, 3.05) is 30.8 Å². The molecule has 1 aromatic heterocycles. The SMILES string of the molecule is CC(C)C(=O)NC[C@H]1[C@H]2CN(c3ccc(S(C)(=O)=O)cn3)C[C@]23CC[C@H]1O3. The fourth-order valence-corrected chi connectivity index (χ4v) is 5.40. The normalized spacial score (nSPS) is 32.1. The van der Waals surface area contributed by atoms with E-state index < -0.39 is 9.84 Å². The Balaban J connectivity index is 1.49. The minimum Gasteiger partial charge on any atom is -0.369 e. The number of carbonyl (C=O) groups is 1. The molecule has 0 aromatic carbocycles. The minimum absolute atomic E-state index is 0.0175. The molecule has 4 rings (SSSR count). The van der Waals surface area contributed by atoms with E-state index in [1.165, 1.54) is 12.5 Å². The van der Waals surface area contributed by atoms with Crippen molar-refractivity contribution in [2.24, 2.45) is 17.8 Å². The lowest BCUT2D eigenvalue weighted by atomic mass is 9.73. The molecule has 3 fully saturated rings. The van der Waals surface area contributed by atoms with E-state index in [0.717, 1.165) is 31.7 Å². The molecular weight excluding hydrogens is 366 g/mol. The highest BCUT2D eigenvalue weighted by Gasteiger charge is 2.63. The molecule has 1 spiro atoms. The Kier molecular flexibility index (Phi) is 4.46. The second-order valence-corrected chi connectivity index (χ2v) is 10.5. The van der Waals surface area contributed by atoms with Crippen LogP contribution in [0.15, 0.2) is 23.2 Å². The highest BCUT2D eigenvalue weighted by atomic mass is 32.2. The van der Waals surface area contributed by atoms with Gasteiger partial charge in [0.05, 0.1) is 16.6 Å². The zero-order valence-corrected chi connectivity index (χ0v) is 16.8. The molecule has 3 aliphatic heterocycles. The van der Waals surface area contributed by atoms with Gasteiger partial charge in [-0.25, -0.2) is 13.4 Å². The number of pyridine rings is 1. The van der Waals surface area contributed by atoms with Crippen LogP contribution in [-0.4, -0.2) is 56.9 Å². The first-order chi connectivity index (χ1) is 12.7. The predicted molar refractivity (Wildman–Crippen MR) is 101 cm³/mol. The van der Waals surface area contributed by atoms with Gasteiger partial charge in [-0.05, 0) is 25.0 Å². The first kappa shape index (κ1) is 18.7. The molecule has 1 aromatic rings. The molecule has 0 radical (unpaired) electrons. The molecule has 2 bridgehead atoms. The quantitative estimate of drug-likeness (QED) is 0.810. The van der Waals surface area contributed by atoms with Gasteiger partial charge in [-0.1, -0.05) is 13.8 Å². The summed E-state index contributed by atoms with van der Waals surface area (Å²) in [6, 6.07) is 3.39. The van der Waals surface area contributed by atoms with Gasteiger partial charge in [-0.3, -0.25) is 4.79 Å². The highest BCUT2D eigenvalue weighted by molar-refractivity contribution is 7.90. The van der Waals surface area contributed by atoms with Gasteiger partial charge < -0.3 is 15.0 Å². The van der Waals surface area contributed by atoms with Crippen LogP contribution in [0.25, 0.3) is 0 Å². The maximum Gasteiger partial charge on any atom is 0.222 e. The standard InChI is InChI=1S/C19H27N3O4S/c1-12(2)18(23)21-9-14-15-10-22(11-19(15)7-6-16(14)26-19)17-5-4-13(8-20-17)27(3,24)25/h4-5,8,12,14-16H,6-7,9-11H2,1-3H3,(H,21,23)/t14-,15+,16+,19+/m0/s1. The van der Waals surface area contributed by atoms with E-state index in [4.69, 9.17) is 4.74 Å². The second kappa shape index (κ2) is 6.44. The number of hydrogen-bond acceptors (Lipinski definition) is 6. The number of rotatable bonds is 5. The third-order valence-corrected chi connectivity index (χ3v) is 7.39. The maximum absolute atomic E-state index is 12.0. The molecule has 3 aliphatic rings. The van der Waals surface area contributed by atoms with E-state index in [-0.39, 0.29) is 28.4 Å². The zero-order chi connectivity index (χ0) is 19.4. The lowest BCUT2D eigenvalue weighted by Crippen LogP contribution is -2.42. The summed E-state index contributed by atoms with van der Waals surface area (Å²) in [5.41, 5.74) is -0.158. The molecule has 148 valence electrons. The van der Waals surface area contributed by atoms with Crippen LogP contribution in [0.2, 0.25) is 0 Å². The van der Waals surface area contributed by atoms with E-state index in [9.17, 15) is 13.2 Å². The number of carbonyl (C=O) groups excluding carboxylic acids is 1. The van der Waals surface area contributed by atoms with E-state index in [1.807, 2.05) is 13.8 Å². The molecule has 3 saturated heterocycles. The third kappa shape index (κ3) is 3.23. The van der Waals surface area contributed by atoms with Gasteiger partial charge in [0.15, 0.2) is 9.84 Å². The average molecular weight is 394 g/mol. The lowest BCUT2D eigenvalue weighted by Gasteiger charge is -2.29. The fourth-order valence-electron chi connectivity index (χ4n) is 4.84. The largest absolute Gasteiger partial charge is 0.369 e. The van der Waals surface area contributed by atoms with Gasteiger partial charge in [0, 0.05) is 49.8 Å². The summed E-state index contributed by atoms with van der Waals surface area (Å²) in [7, 11) is -3.25. The van der Waals surface area contributed by atoms with Crippen molar-refractivity contribution in [2.45, 2.75) is 43.3 Å². The summed E-state index contributed by atoms with van der Waals surface area (Å²) in [5, 5.41) is 3.08. The summed E-state index contributed by atoms with van der Waals surface area (Å²) < 4.78 is 29.7. The van der Waals surface area contributed by atoms with E-state index in [0.29, 0.717) is 18.4 Å². The second-order valence-electron chi connectivity index (χ2n) is 8.43. The van der Waals surface area contributed by atoms with Crippen LogP contribution in [0.1, 0.15) is 26.7 Å². The molecule has 7 nitrogen and oxygen atoms in total. The summed E-state index contributed by atoms with van der Waals surface area (Å²) >= 11 is 0. The molecule has 27 heavy (non-hydrogen) atoms. The molecule has 4 heterocycles. The Morgan fingerprint density at radius 1 is 1.44 bits per heavy atom. The number of hydrogen-bond donors (Lipinski definition) is 1. The van der Waals surface area contributed by atoms with Crippen molar-refractivity contribution in [3.8, 4) is 0 Å². The topological polar surface area (TPSA) is 88.6 Å². The Morgan fingerprint density at radius 2 is 2.22 bits per heavy atom. The van der Waals surface area contributed by atoms with E-state index in [2.05, 4.69) is 15.2 Å². The third-order valence-electron chi connectivity index (χ3n) is 6.29. The number of amides is 1.